The molecule has 0 saturated heterocycles. The van der Waals surface area contributed by atoms with E-state index in [4.69, 9.17) is 4.74 Å². The number of nitrogens with zero attached hydrogens (tertiary/aromatic N) is 1. The molecule has 138 valence electrons. The van der Waals surface area contributed by atoms with Gasteiger partial charge in [0.05, 0.1) is 4.47 Å². The lowest BCUT2D eigenvalue weighted by molar-refractivity contribution is -0.118. The van der Waals surface area contributed by atoms with Gasteiger partial charge in [-0.15, -0.1) is 0 Å². The quantitative estimate of drug-likeness (QED) is 0.630. The zero-order valence-corrected chi connectivity index (χ0v) is 16.6. The van der Waals surface area contributed by atoms with Gasteiger partial charge in [0, 0.05) is 11.9 Å². The first-order chi connectivity index (χ1) is 12.9. The van der Waals surface area contributed by atoms with Crippen LogP contribution in [0.15, 0.2) is 76.1 Å². The second-order valence-corrected chi connectivity index (χ2v) is 7.04. The van der Waals surface area contributed by atoms with Gasteiger partial charge in [0.2, 0.25) is 5.91 Å². The minimum absolute atomic E-state index is 0.241. The Morgan fingerprint density at radius 3 is 2.37 bits per heavy atom. The second kappa shape index (κ2) is 8.22. The molecule has 0 aliphatic carbocycles. The van der Waals surface area contributed by atoms with Crippen molar-refractivity contribution in [3.8, 4) is 11.5 Å². The van der Waals surface area contributed by atoms with Crippen molar-refractivity contribution in [1.82, 2.24) is 4.57 Å². The van der Waals surface area contributed by atoms with Crippen LogP contribution in [0.4, 0.5) is 5.69 Å². The van der Waals surface area contributed by atoms with Crippen LogP contribution in [-0.2, 0) is 4.79 Å². The molecule has 0 saturated carbocycles. The number of ether oxygens (including phenoxy) is 1. The van der Waals surface area contributed by atoms with Gasteiger partial charge in [-0.25, -0.2) is 0 Å². The smallest absolute Gasteiger partial charge is 0.265 e. The summed E-state index contributed by atoms with van der Waals surface area (Å²) < 4.78 is 7.59. The maximum absolute atomic E-state index is 12.5. The third kappa shape index (κ3) is 4.65. The minimum atomic E-state index is -0.644. The van der Waals surface area contributed by atoms with Gasteiger partial charge in [-0.05, 0) is 77.8 Å². The molecule has 0 bridgehead atoms. The van der Waals surface area contributed by atoms with Crippen LogP contribution in [0.25, 0.3) is 0 Å². The van der Waals surface area contributed by atoms with Gasteiger partial charge in [0.15, 0.2) is 0 Å². The predicted molar refractivity (Wildman–Crippen MR) is 109 cm³/mol. The van der Waals surface area contributed by atoms with E-state index >= 15 is 0 Å². The highest BCUT2D eigenvalue weighted by Crippen LogP contribution is 2.23. The van der Waals surface area contributed by atoms with Crippen LogP contribution in [0.1, 0.15) is 18.5 Å². The highest BCUT2D eigenvalue weighted by atomic mass is 79.9. The summed E-state index contributed by atoms with van der Waals surface area (Å²) in [6.07, 6.45) is 1.67. The summed E-state index contributed by atoms with van der Waals surface area (Å²) in [5, 5.41) is 2.83. The number of amides is 1. The zero-order chi connectivity index (χ0) is 19.4. The molecule has 3 aromatic rings. The van der Waals surface area contributed by atoms with Crippen LogP contribution in [0.3, 0.4) is 0 Å². The van der Waals surface area contributed by atoms with Crippen LogP contribution in [-0.4, -0.2) is 10.5 Å². The molecule has 1 unspecified atom stereocenters. The fraction of sp³-hybridized carbons (Fsp3) is 0.143. The lowest BCUT2D eigenvalue weighted by atomic mass is 10.2. The van der Waals surface area contributed by atoms with Crippen molar-refractivity contribution in [2.45, 2.75) is 19.9 Å². The van der Waals surface area contributed by atoms with Crippen molar-refractivity contribution in [3.05, 3.63) is 87.3 Å². The molecular weight excluding hydrogens is 408 g/mol. The summed E-state index contributed by atoms with van der Waals surface area (Å²) in [5.74, 6) is 1.14. The SMILES string of the molecule is Cc1cc(Br)c(=O)n(C(C)C(=O)Nc2ccc(Oc3ccccc3)cc2)c1. The van der Waals surface area contributed by atoms with Gasteiger partial charge in [0.1, 0.15) is 17.5 Å². The Hall–Kier alpha value is -2.86. The first-order valence-corrected chi connectivity index (χ1v) is 9.25. The van der Waals surface area contributed by atoms with Crippen LogP contribution in [0.5, 0.6) is 11.5 Å². The van der Waals surface area contributed by atoms with Gasteiger partial charge in [0.25, 0.3) is 5.56 Å². The van der Waals surface area contributed by atoms with E-state index in [2.05, 4.69) is 21.2 Å². The molecule has 0 spiro atoms. The number of carbonyl (C=O) groups is 1. The van der Waals surface area contributed by atoms with Crippen molar-refractivity contribution in [2.75, 3.05) is 5.32 Å². The Bertz CT molecular complexity index is 998. The lowest BCUT2D eigenvalue weighted by Gasteiger charge is -2.16. The van der Waals surface area contributed by atoms with Crippen molar-refractivity contribution >= 4 is 27.5 Å². The van der Waals surface area contributed by atoms with Gasteiger partial charge < -0.3 is 14.6 Å². The number of halogens is 1. The Kier molecular flexibility index (Phi) is 5.76. The van der Waals surface area contributed by atoms with Crippen molar-refractivity contribution < 1.29 is 9.53 Å². The Morgan fingerprint density at radius 2 is 1.70 bits per heavy atom. The summed E-state index contributed by atoms with van der Waals surface area (Å²) in [7, 11) is 0. The van der Waals surface area contributed by atoms with Gasteiger partial charge >= 0.3 is 0 Å². The largest absolute Gasteiger partial charge is 0.457 e. The standard InChI is InChI=1S/C21H19BrN2O3/c1-14-12-19(22)21(26)24(13-14)15(2)20(25)23-16-8-10-18(11-9-16)27-17-6-4-3-5-7-17/h3-13,15H,1-2H3,(H,23,25). The van der Waals surface area contributed by atoms with Gasteiger partial charge in [-0.2, -0.15) is 0 Å². The molecule has 5 nitrogen and oxygen atoms in total. The van der Waals surface area contributed by atoms with Crippen LogP contribution in [0, 0.1) is 6.92 Å². The third-order valence-corrected chi connectivity index (χ3v) is 4.60. The number of rotatable bonds is 5. The fourth-order valence-corrected chi connectivity index (χ4v) is 3.16. The normalized spacial score (nSPS) is 11.7. The molecule has 2 aromatic carbocycles. The number of pyridine rings is 1. The number of benzene rings is 2. The maximum atomic E-state index is 12.5. The minimum Gasteiger partial charge on any atom is -0.457 e. The molecule has 1 N–H and O–H groups in total. The Balaban J connectivity index is 1.70. The summed E-state index contributed by atoms with van der Waals surface area (Å²) in [6.45, 7) is 3.56. The zero-order valence-electron chi connectivity index (χ0n) is 15.0. The molecule has 6 heteroatoms. The number of para-hydroxylation sites is 1. The highest BCUT2D eigenvalue weighted by molar-refractivity contribution is 9.10. The van der Waals surface area contributed by atoms with E-state index in [1.54, 1.807) is 43.5 Å². The molecule has 0 fully saturated rings. The van der Waals surface area contributed by atoms with E-state index in [0.29, 0.717) is 15.9 Å². The topological polar surface area (TPSA) is 60.3 Å². The van der Waals surface area contributed by atoms with Gasteiger partial charge in [-0.3, -0.25) is 9.59 Å². The first-order valence-electron chi connectivity index (χ1n) is 8.46. The monoisotopic (exact) mass is 426 g/mol. The average molecular weight is 427 g/mol. The second-order valence-electron chi connectivity index (χ2n) is 6.18. The molecule has 1 atom stereocenters. The van der Waals surface area contributed by atoms with E-state index in [1.807, 2.05) is 37.3 Å². The summed E-state index contributed by atoms with van der Waals surface area (Å²) in [4.78, 5) is 24.8. The first kappa shape index (κ1) is 18.9. The van der Waals surface area contributed by atoms with E-state index < -0.39 is 6.04 Å². The Morgan fingerprint density at radius 1 is 1.07 bits per heavy atom. The third-order valence-electron chi connectivity index (χ3n) is 4.03. The highest BCUT2D eigenvalue weighted by Gasteiger charge is 2.17. The van der Waals surface area contributed by atoms with E-state index in [0.717, 1.165) is 11.3 Å². The molecule has 1 aromatic heterocycles. The number of anilines is 1. The number of aryl methyl sites for hydroxylation is 1. The molecule has 0 aliphatic heterocycles. The molecule has 27 heavy (non-hydrogen) atoms. The predicted octanol–water partition coefficient (Wildman–Crippen LogP) is 4.91. The maximum Gasteiger partial charge on any atom is 0.265 e. The molecule has 3 rings (SSSR count). The lowest BCUT2D eigenvalue weighted by Crippen LogP contribution is -2.31. The molecular formula is C21H19BrN2O3. The summed E-state index contributed by atoms with van der Waals surface area (Å²) in [6, 6.07) is 17.6. The van der Waals surface area contributed by atoms with Crippen molar-refractivity contribution in [3.63, 3.8) is 0 Å². The van der Waals surface area contributed by atoms with E-state index in [1.165, 1.54) is 4.57 Å². The number of hydrogen-bond donors (Lipinski definition) is 1. The molecule has 1 amide bonds. The average Bonchev–Trinajstić information content (AvgIpc) is 2.66. The molecule has 0 aliphatic rings. The van der Waals surface area contributed by atoms with Gasteiger partial charge in [-0.1, -0.05) is 18.2 Å². The van der Waals surface area contributed by atoms with Crippen molar-refractivity contribution in [2.24, 2.45) is 0 Å². The summed E-state index contributed by atoms with van der Waals surface area (Å²) >= 11 is 3.24. The van der Waals surface area contributed by atoms with Crippen LogP contribution < -0.4 is 15.6 Å². The Labute approximate surface area is 165 Å². The van der Waals surface area contributed by atoms with Crippen LogP contribution >= 0.6 is 15.9 Å². The number of nitrogens with one attached hydrogen (secondary N) is 1. The van der Waals surface area contributed by atoms with E-state index in [9.17, 15) is 9.59 Å². The van der Waals surface area contributed by atoms with Crippen LogP contribution in [0.2, 0.25) is 0 Å². The van der Waals surface area contributed by atoms with Crippen molar-refractivity contribution in [1.29, 1.82) is 0 Å². The summed E-state index contributed by atoms with van der Waals surface area (Å²) in [5.41, 5.74) is 1.28. The van der Waals surface area contributed by atoms with E-state index in [-0.39, 0.29) is 11.5 Å². The fourth-order valence-electron chi connectivity index (χ4n) is 2.59. The number of carbonyl (C=O) groups excluding carboxylic acids is 1. The molecule has 1 heterocycles. The number of aromatic nitrogens is 1. The molecule has 0 radical (unpaired) electrons. The number of hydrogen-bond acceptors (Lipinski definition) is 3.